The Balaban J connectivity index is 1.58. The maximum Gasteiger partial charge on any atom is 0.253 e. The van der Waals surface area contributed by atoms with Crippen molar-refractivity contribution in [1.82, 2.24) is 20.0 Å². The zero-order valence-corrected chi connectivity index (χ0v) is 14.8. The Bertz CT molecular complexity index is 940. The third-order valence-corrected chi connectivity index (χ3v) is 5.17. The topological polar surface area (TPSA) is 75.0 Å². The zero-order chi connectivity index (χ0) is 17.6. The van der Waals surface area contributed by atoms with E-state index in [0.29, 0.717) is 18.3 Å². The Morgan fingerprint density at radius 2 is 2.16 bits per heavy atom. The van der Waals surface area contributed by atoms with Crippen LogP contribution in [0.4, 0.5) is 0 Å². The van der Waals surface area contributed by atoms with Crippen LogP contribution < -0.4 is 0 Å². The van der Waals surface area contributed by atoms with E-state index in [2.05, 4.69) is 29.0 Å². The molecule has 0 bridgehead atoms. The van der Waals surface area contributed by atoms with Gasteiger partial charge in [0.25, 0.3) is 5.91 Å². The first kappa shape index (κ1) is 15.9. The molecule has 1 fully saturated rings. The summed E-state index contributed by atoms with van der Waals surface area (Å²) >= 11 is 0. The molecular weight excluding hydrogens is 316 g/mol. The molecule has 0 unspecified atom stereocenters. The number of carbonyl (C=O) groups is 1. The Morgan fingerprint density at radius 3 is 2.92 bits per heavy atom. The number of hydrogen-bond acceptors (Lipinski definition) is 4. The van der Waals surface area contributed by atoms with Crippen LogP contribution in [-0.2, 0) is 0 Å². The summed E-state index contributed by atoms with van der Waals surface area (Å²) in [5.41, 5.74) is 4.15. The van der Waals surface area contributed by atoms with Crippen molar-refractivity contribution in [3.8, 4) is 0 Å². The minimum absolute atomic E-state index is 0.0741. The predicted octanol–water partition coefficient (Wildman–Crippen LogP) is 3.50. The number of benzene rings is 1. The molecule has 3 aromatic rings. The van der Waals surface area contributed by atoms with E-state index in [-0.39, 0.29) is 11.8 Å². The van der Waals surface area contributed by atoms with Gasteiger partial charge < -0.3 is 14.4 Å². The molecule has 1 aliphatic heterocycles. The van der Waals surface area contributed by atoms with E-state index in [1.807, 2.05) is 23.1 Å². The van der Waals surface area contributed by atoms with Crippen LogP contribution in [0.5, 0.6) is 0 Å². The maximum absolute atomic E-state index is 13.0. The van der Waals surface area contributed by atoms with Crippen molar-refractivity contribution in [3.05, 3.63) is 46.7 Å². The molecule has 6 nitrogen and oxygen atoms in total. The normalized spacial score (nSPS) is 18.0. The number of nitrogens with zero attached hydrogens (tertiary/aromatic N) is 3. The van der Waals surface area contributed by atoms with Crippen molar-refractivity contribution in [1.29, 1.82) is 0 Å². The first-order valence-corrected chi connectivity index (χ1v) is 8.71. The summed E-state index contributed by atoms with van der Waals surface area (Å²) in [5, 5.41) is 5.15. The van der Waals surface area contributed by atoms with E-state index in [9.17, 15) is 4.79 Å². The quantitative estimate of drug-likeness (QED) is 0.776. The first-order chi connectivity index (χ1) is 12.0. The number of aryl methyl sites for hydroxylation is 3. The van der Waals surface area contributed by atoms with Crippen LogP contribution in [0.3, 0.4) is 0 Å². The summed E-state index contributed by atoms with van der Waals surface area (Å²) in [6, 6.07) is 5.90. The number of rotatable bonds is 2. The first-order valence-electron chi connectivity index (χ1n) is 8.71. The van der Waals surface area contributed by atoms with Gasteiger partial charge in [0, 0.05) is 48.1 Å². The lowest BCUT2D eigenvalue weighted by Gasteiger charge is -2.31. The molecule has 0 radical (unpaired) electrons. The molecule has 130 valence electrons. The van der Waals surface area contributed by atoms with Gasteiger partial charge in [0.1, 0.15) is 0 Å². The van der Waals surface area contributed by atoms with Gasteiger partial charge in [-0.2, -0.15) is 4.98 Å². The van der Waals surface area contributed by atoms with Crippen LogP contribution >= 0.6 is 0 Å². The second-order valence-corrected chi connectivity index (χ2v) is 6.90. The molecule has 0 aliphatic carbocycles. The molecule has 1 aliphatic rings. The highest BCUT2D eigenvalue weighted by Crippen LogP contribution is 2.27. The second-order valence-electron chi connectivity index (χ2n) is 6.90. The number of aromatic amines is 1. The van der Waals surface area contributed by atoms with E-state index in [1.54, 1.807) is 6.92 Å². The Kier molecular flexibility index (Phi) is 3.82. The summed E-state index contributed by atoms with van der Waals surface area (Å²) in [7, 11) is 0. The molecule has 3 heterocycles. The van der Waals surface area contributed by atoms with Gasteiger partial charge in [-0.3, -0.25) is 4.79 Å². The SMILES string of the molecule is Cc1nc([C@H]2CCCN(C(=O)c3ccc4[nH]c(C)c(C)c4c3)C2)no1. The fraction of sp³-hybridized carbons (Fsp3) is 0.421. The molecule has 25 heavy (non-hydrogen) atoms. The molecular formula is C19H22N4O2. The summed E-state index contributed by atoms with van der Waals surface area (Å²) in [6.07, 6.45) is 1.94. The number of fused-ring (bicyclic) bond motifs is 1. The second kappa shape index (κ2) is 6.02. The highest BCUT2D eigenvalue weighted by atomic mass is 16.5. The van der Waals surface area contributed by atoms with Gasteiger partial charge in [-0.25, -0.2) is 0 Å². The van der Waals surface area contributed by atoms with E-state index >= 15 is 0 Å². The van der Waals surface area contributed by atoms with Crippen molar-refractivity contribution in [2.24, 2.45) is 0 Å². The average Bonchev–Trinajstić information content (AvgIpc) is 3.18. The number of piperidine rings is 1. The maximum atomic E-state index is 13.0. The molecule has 0 saturated carbocycles. The molecule has 1 aromatic carbocycles. The van der Waals surface area contributed by atoms with Gasteiger partial charge in [-0.05, 0) is 50.5 Å². The van der Waals surface area contributed by atoms with Crippen molar-refractivity contribution < 1.29 is 9.32 Å². The third-order valence-electron chi connectivity index (χ3n) is 5.17. The molecule has 1 amide bonds. The number of likely N-dealkylation sites (tertiary alicyclic amines) is 1. The number of carbonyl (C=O) groups excluding carboxylic acids is 1. The lowest BCUT2D eigenvalue weighted by atomic mass is 9.96. The van der Waals surface area contributed by atoms with Crippen LogP contribution in [0, 0.1) is 20.8 Å². The summed E-state index contributed by atoms with van der Waals surface area (Å²) in [5.74, 6) is 1.50. The van der Waals surface area contributed by atoms with Gasteiger partial charge in [-0.15, -0.1) is 0 Å². The third kappa shape index (κ3) is 2.81. The number of hydrogen-bond donors (Lipinski definition) is 1. The molecule has 2 aromatic heterocycles. The van der Waals surface area contributed by atoms with Crippen LogP contribution in [-0.4, -0.2) is 39.0 Å². The summed E-state index contributed by atoms with van der Waals surface area (Å²) in [4.78, 5) is 22.6. The molecule has 4 rings (SSSR count). The van der Waals surface area contributed by atoms with Crippen molar-refractivity contribution >= 4 is 16.8 Å². The van der Waals surface area contributed by atoms with Crippen LogP contribution in [0.25, 0.3) is 10.9 Å². The minimum atomic E-state index is 0.0741. The number of H-pyrrole nitrogens is 1. The van der Waals surface area contributed by atoms with Gasteiger partial charge >= 0.3 is 0 Å². The fourth-order valence-corrected chi connectivity index (χ4v) is 3.63. The molecule has 0 spiro atoms. The monoisotopic (exact) mass is 338 g/mol. The predicted molar refractivity (Wildman–Crippen MR) is 94.7 cm³/mol. The van der Waals surface area contributed by atoms with Gasteiger partial charge in [0.15, 0.2) is 5.82 Å². The molecule has 1 N–H and O–H groups in total. The smallest absolute Gasteiger partial charge is 0.253 e. The van der Waals surface area contributed by atoms with Crippen molar-refractivity contribution in [3.63, 3.8) is 0 Å². The van der Waals surface area contributed by atoms with E-state index in [4.69, 9.17) is 4.52 Å². The van der Waals surface area contributed by atoms with Crippen molar-refractivity contribution in [2.45, 2.75) is 39.5 Å². The van der Waals surface area contributed by atoms with E-state index in [0.717, 1.165) is 41.5 Å². The average molecular weight is 338 g/mol. The van der Waals surface area contributed by atoms with Crippen LogP contribution in [0.2, 0.25) is 0 Å². The lowest BCUT2D eigenvalue weighted by molar-refractivity contribution is 0.0704. The Hall–Kier alpha value is -2.63. The highest BCUT2D eigenvalue weighted by Gasteiger charge is 2.28. The Labute approximate surface area is 146 Å². The van der Waals surface area contributed by atoms with Gasteiger partial charge in [0.05, 0.1) is 0 Å². The number of nitrogens with one attached hydrogen (secondary N) is 1. The van der Waals surface area contributed by atoms with Crippen molar-refractivity contribution in [2.75, 3.05) is 13.1 Å². The summed E-state index contributed by atoms with van der Waals surface area (Å²) < 4.78 is 5.09. The standard InChI is InChI=1S/C19H22N4O2/c1-11-12(2)20-17-7-6-14(9-16(11)17)19(24)23-8-4-5-15(10-23)18-21-13(3)25-22-18/h6-7,9,15,20H,4-5,8,10H2,1-3H3/t15-/m0/s1. The number of amides is 1. The molecule has 6 heteroatoms. The van der Waals surface area contributed by atoms with E-state index in [1.165, 1.54) is 5.56 Å². The highest BCUT2D eigenvalue weighted by molar-refractivity contribution is 5.99. The Morgan fingerprint density at radius 1 is 1.32 bits per heavy atom. The minimum Gasteiger partial charge on any atom is -0.358 e. The lowest BCUT2D eigenvalue weighted by Crippen LogP contribution is -2.39. The van der Waals surface area contributed by atoms with Gasteiger partial charge in [0.2, 0.25) is 5.89 Å². The largest absolute Gasteiger partial charge is 0.358 e. The number of aromatic nitrogens is 3. The van der Waals surface area contributed by atoms with Crippen LogP contribution in [0.15, 0.2) is 22.7 Å². The zero-order valence-electron chi connectivity index (χ0n) is 14.8. The fourth-order valence-electron chi connectivity index (χ4n) is 3.63. The molecule has 1 atom stereocenters. The van der Waals surface area contributed by atoms with Gasteiger partial charge in [-0.1, -0.05) is 5.16 Å². The van der Waals surface area contributed by atoms with E-state index < -0.39 is 0 Å². The summed E-state index contributed by atoms with van der Waals surface area (Å²) in [6.45, 7) is 7.34. The molecule has 1 saturated heterocycles. The van der Waals surface area contributed by atoms with Crippen LogP contribution in [0.1, 0.15) is 52.1 Å².